The van der Waals surface area contributed by atoms with Crippen LogP contribution in [0.3, 0.4) is 0 Å². The smallest absolute Gasteiger partial charge is 0.143 e. The first kappa shape index (κ1) is 13.5. The quantitative estimate of drug-likeness (QED) is 0.342. The minimum atomic E-state index is 0.0589. The fourth-order valence-electron chi connectivity index (χ4n) is 1.73. The summed E-state index contributed by atoms with van der Waals surface area (Å²) in [5.41, 5.74) is 6.86. The summed E-state index contributed by atoms with van der Waals surface area (Å²) >= 11 is 0. The molecule has 3 N–H and O–H groups in total. The molecule has 1 rings (SSSR count). The van der Waals surface area contributed by atoms with E-state index >= 15 is 0 Å². The summed E-state index contributed by atoms with van der Waals surface area (Å²) in [7, 11) is 0. The Morgan fingerprint density at radius 1 is 1.41 bits per heavy atom. The lowest BCUT2D eigenvalue weighted by Crippen LogP contribution is -2.34. The molecule has 0 spiro atoms. The lowest BCUT2D eigenvalue weighted by atomic mass is 10.1. The maximum Gasteiger partial charge on any atom is 0.143 e. The van der Waals surface area contributed by atoms with Crippen molar-refractivity contribution in [2.45, 2.75) is 20.4 Å². The fraction of sp³-hybridized carbons (Fsp3) is 0.462. The predicted molar refractivity (Wildman–Crippen MR) is 70.0 cm³/mol. The summed E-state index contributed by atoms with van der Waals surface area (Å²) in [6, 6.07) is 10.3. The fourth-order valence-corrected chi connectivity index (χ4v) is 1.73. The van der Waals surface area contributed by atoms with Crippen LogP contribution in [0.15, 0.2) is 35.5 Å². The zero-order valence-electron chi connectivity index (χ0n) is 10.5. The molecule has 1 unspecified atom stereocenters. The Labute approximate surface area is 103 Å². The second-order valence-electron chi connectivity index (χ2n) is 4.24. The molecule has 0 radical (unpaired) electrons. The number of oxime groups is 1. The average molecular weight is 235 g/mol. The van der Waals surface area contributed by atoms with Gasteiger partial charge in [0.15, 0.2) is 0 Å². The van der Waals surface area contributed by atoms with Gasteiger partial charge in [0.2, 0.25) is 0 Å². The molecule has 1 aromatic rings. The molecule has 17 heavy (non-hydrogen) atoms. The van der Waals surface area contributed by atoms with Crippen molar-refractivity contribution in [3.8, 4) is 0 Å². The van der Waals surface area contributed by atoms with Crippen LogP contribution in [0.25, 0.3) is 0 Å². The van der Waals surface area contributed by atoms with E-state index in [0.717, 1.165) is 19.6 Å². The predicted octanol–water partition coefficient (Wildman–Crippen LogP) is 1.89. The number of nitrogens with zero attached hydrogens (tertiary/aromatic N) is 2. The normalized spacial score (nSPS) is 13.9. The standard InChI is InChI=1S/C13H21N3O/c1-3-16(9-11(2)13(14)15-17)10-12-7-5-4-6-8-12/h4-8,11,17H,3,9-10H2,1-2H3,(H2,14,15). The van der Waals surface area contributed by atoms with E-state index in [1.807, 2.05) is 25.1 Å². The minimum Gasteiger partial charge on any atom is -0.409 e. The van der Waals surface area contributed by atoms with E-state index in [0.29, 0.717) is 0 Å². The maximum absolute atomic E-state index is 8.62. The zero-order chi connectivity index (χ0) is 12.7. The maximum atomic E-state index is 8.62. The number of rotatable bonds is 6. The highest BCUT2D eigenvalue weighted by Gasteiger charge is 2.12. The van der Waals surface area contributed by atoms with Gasteiger partial charge >= 0.3 is 0 Å². The van der Waals surface area contributed by atoms with E-state index in [9.17, 15) is 0 Å². The van der Waals surface area contributed by atoms with Crippen LogP contribution >= 0.6 is 0 Å². The molecular formula is C13H21N3O. The summed E-state index contributed by atoms with van der Waals surface area (Å²) in [5.74, 6) is 0.347. The summed E-state index contributed by atoms with van der Waals surface area (Å²) in [5, 5.41) is 11.7. The second-order valence-corrected chi connectivity index (χ2v) is 4.24. The lowest BCUT2D eigenvalue weighted by Gasteiger charge is -2.23. The van der Waals surface area contributed by atoms with Gasteiger partial charge in [-0.3, -0.25) is 4.90 Å². The third-order valence-corrected chi connectivity index (χ3v) is 2.85. The Balaban J connectivity index is 2.55. The van der Waals surface area contributed by atoms with Crippen molar-refractivity contribution < 1.29 is 5.21 Å². The summed E-state index contributed by atoms with van der Waals surface area (Å²) in [6.45, 7) is 6.70. The van der Waals surface area contributed by atoms with Crippen molar-refractivity contribution in [2.75, 3.05) is 13.1 Å². The molecule has 4 heteroatoms. The Bertz CT molecular complexity index is 351. The Morgan fingerprint density at radius 3 is 2.59 bits per heavy atom. The second kappa shape index (κ2) is 6.91. The monoisotopic (exact) mass is 235 g/mol. The van der Waals surface area contributed by atoms with Gasteiger partial charge in [-0.2, -0.15) is 0 Å². The van der Waals surface area contributed by atoms with Gasteiger partial charge in [-0.15, -0.1) is 0 Å². The van der Waals surface area contributed by atoms with Crippen LogP contribution in [-0.2, 0) is 6.54 Å². The molecule has 0 amide bonds. The van der Waals surface area contributed by atoms with Crippen LogP contribution in [0.1, 0.15) is 19.4 Å². The highest BCUT2D eigenvalue weighted by Crippen LogP contribution is 2.07. The molecule has 0 fully saturated rings. The molecule has 0 saturated carbocycles. The molecule has 94 valence electrons. The Hall–Kier alpha value is -1.55. The third-order valence-electron chi connectivity index (χ3n) is 2.85. The zero-order valence-corrected chi connectivity index (χ0v) is 10.5. The first-order valence-corrected chi connectivity index (χ1v) is 5.91. The van der Waals surface area contributed by atoms with Crippen LogP contribution in [0.2, 0.25) is 0 Å². The van der Waals surface area contributed by atoms with Gasteiger partial charge in [0.25, 0.3) is 0 Å². The number of hydrogen-bond donors (Lipinski definition) is 2. The molecule has 0 saturated heterocycles. The van der Waals surface area contributed by atoms with E-state index < -0.39 is 0 Å². The van der Waals surface area contributed by atoms with E-state index in [1.54, 1.807) is 0 Å². The molecule has 0 bridgehead atoms. The van der Waals surface area contributed by atoms with Crippen molar-refractivity contribution in [1.29, 1.82) is 0 Å². The first-order chi connectivity index (χ1) is 8.17. The van der Waals surface area contributed by atoms with Gasteiger partial charge in [-0.25, -0.2) is 0 Å². The third kappa shape index (κ3) is 4.44. The van der Waals surface area contributed by atoms with E-state index in [2.05, 4.69) is 29.1 Å². The first-order valence-electron chi connectivity index (χ1n) is 5.91. The van der Waals surface area contributed by atoms with Crippen LogP contribution in [0.4, 0.5) is 0 Å². The summed E-state index contributed by atoms with van der Waals surface area (Å²) < 4.78 is 0. The van der Waals surface area contributed by atoms with Gasteiger partial charge in [-0.1, -0.05) is 49.3 Å². The largest absolute Gasteiger partial charge is 0.409 e. The minimum absolute atomic E-state index is 0.0589. The topological polar surface area (TPSA) is 61.8 Å². The SMILES string of the molecule is CCN(Cc1ccccc1)CC(C)/C(N)=N/O. The molecule has 0 aromatic heterocycles. The van der Waals surface area contributed by atoms with Crippen molar-refractivity contribution in [2.24, 2.45) is 16.8 Å². The molecule has 1 atom stereocenters. The average Bonchev–Trinajstić information content (AvgIpc) is 2.38. The number of benzene rings is 1. The number of nitrogens with two attached hydrogens (primary N) is 1. The summed E-state index contributed by atoms with van der Waals surface area (Å²) in [6.07, 6.45) is 0. The number of hydrogen-bond acceptors (Lipinski definition) is 3. The number of amidine groups is 1. The molecule has 4 nitrogen and oxygen atoms in total. The molecule has 0 aliphatic carbocycles. The summed E-state index contributed by atoms with van der Waals surface area (Å²) in [4.78, 5) is 2.28. The Morgan fingerprint density at radius 2 is 2.06 bits per heavy atom. The van der Waals surface area contributed by atoms with Crippen molar-refractivity contribution in [1.82, 2.24) is 4.90 Å². The molecular weight excluding hydrogens is 214 g/mol. The van der Waals surface area contributed by atoms with Crippen LogP contribution in [-0.4, -0.2) is 29.0 Å². The lowest BCUT2D eigenvalue weighted by molar-refractivity contribution is 0.257. The van der Waals surface area contributed by atoms with Gasteiger partial charge < -0.3 is 10.9 Å². The van der Waals surface area contributed by atoms with E-state index in [-0.39, 0.29) is 11.8 Å². The molecule has 0 aliphatic heterocycles. The van der Waals surface area contributed by atoms with E-state index in [1.165, 1.54) is 5.56 Å². The van der Waals surface area contributed by atoms with Gasteiger partial charge in [0.05, 0.1) is 0 Å². The molecule has 1 aromatic carbocycles. The molecule has 0 aliphatic rings. The van der Waals surface area contributed by atoms with Crippen molar-refractivity contribution >= 4 is 5.84 Å². The highest BCUT2D eigenvalue weighted by atomic mass is 16.4. The van der Waals surface area contributed by atoms with Crippen molar-refractivity contribution in [3.63, 3.8) is 0 Å². The van der Waals surface area contributed by atoms with Crippen LogP contribution in [0, 0.1) is 5.92 Å². The van der Waals surface area contributed by atoms with E-state index in [4.69, 9.17) is 10.9 Å². The van der Waals surface area contributed by atoms with Gasteiger partial charge in [0, 0.05) is 19.0 Å². The Kier molecular flexibility index (Phi) is 5.49. The van der Waals surface area contributed by atoms with Crippen molar-refractivity contribution in [3.05, 3.63) is 35.9 Å². The van der Waals surface area contributed by atoms with Gasteiger partial charge in [0.1, 0.15) is 5.84 Å². The van der Waals surface area contributed by atoms with Crippen LogP contribution in [0.5, 0.6) is 0 Å². The highest BCUT2D eigenvalue weighted by molar-refractivity contribution is 5.82. The van der Waals surface area contributed by atoms with Gasteiger partial charge in [-0.05, 0) is 12.1 Å². The van der Waals surface area contributed by atoms with Crippen LogP contribution < -0.4 is 5.73 Å². The molecule has 0 heterocycles.